The summed E-state index contributed by atoms with van der Waals surface area (Å²) in [5.41, 5.74) is -0.726. The number of cyclic esters (lactones) is 2. The van der Waals surface area contributed by atoms with Crippen LogP contribution in [-0.4, -0.2) is 57.3 Å². The van der Waals surface area contributed by atoms with Crippen molar-refractivity contribution in [1.82, 2.24) is 5.32 Å². The molecule has 0 bridgehead atoms. The van der Waals surface area contributed by atoms with E-state index in [9.17, 15) is 14.4 Å². The zero-order valence-corrected chi connectivity index (χ0v) is 21.6. The maximum Gasteiger partial charge on any atom is 0.408 e. The van der Waals surface area contributed by atoms with Crippen LogP contribution < -0.4 is 5.32 Å². The smallest absolute Gasteiger partial charge is 0.408 e. The highest BCUT2D eigenvalue weighted by atomic mass is 28.4. The summed E-state index contributed by atoms with van der Waals surface area (Å²) in [7, 11) is -2.24. The molecule has 1 fully saturated rings. The maximum absolute atomic E-state index is 12.9. The largest absolute Gasteiger partial charge is 0.463 e. The molecule has 0 aromatic rings. The second-order valence-corrected chi connectivity index (χ2v) is 15.4. The van der Waals surface area contributed by atoms with Crippen molar-refractivity contribution in [3.05, 3.63) is 0 Å². The Morgan fingerprint density at radius 2 is 1.65 bits per heavy atom. The second kappa shape index (κ2) is 10.8. The summed E-state index contributed by atoms with van der Waals surface area (Å²) >= 11 is 0. The van der Waals surface area contributed by atoms with Gasteiger partial charge in [0.15, 0.2) is 14.4 Å². The number of esters is 2. The third kappa shape index (κ3) is 8.80. The maximum atomic E-state index is 12.9. The summed E-state index contributed by atoms with van der Waals surface area (Å²) in [5, 5.41) is 2.37. The lowest BCUT2D eigenvalue weighted by molar-refractivity contribution is -0.153. The highest BCUT2D eigenvalue weighted by Crippen LogP contribution is 2.38. The Hall–Kier alpha value is -1.61. The molecule has 1 N–H and O–H groups in total. The Kier molecular flexibility index (Phi) is 9.56. The first-order valence-corrected chi connectivity index (χ1v) is 14.0. The van der Waals surface area contributed by atoms with E-state index in [0.717, 1.165) is 12.8 Å². The van der Waals surface area contributed by atoms with Crippen LogP contribution in [0.4, 0.5) is 4.79 Å². The minimum Gasteiger partial charge on any atom is -0.463 e. The van der Waals surface area contributed by atoms with Crippen LogP contribution in [0.5, 0.6) is 0 Å². The number of ether oxygens (including phenoxy) is 3. The monoisotopic (exact) mass is 459 g/mol. The highest BCUT2D eigenvalue weighted by molar-refractivity contribution is 6.74. The Labute approximate surface area is 187 Å². The van der Waals surface area contributed by atoms with Crippen molar-refractivity contribution in [2.24, 2.45) is 5.92 Å². The molecule has 0 aromatic heterocycles. The number of amides is 1. The molecule has 9 heteroatoms. The molecule has 0 aliphatic carbocycles. The van der Waals surface area contributed by atoms with Gasteiger partial charge >= 0.3 is 18.0 Å². The van der Waals surface area contributed by atoms with Crippen LogP contribution in [0, 0.1) is 5.92 Å². The number of nitrogens with one attached hydrogen (secondary N) is 1. The average Bonchev–Trinajstić information content (AvgIpc) is 2.63. The number of rotatable bonds is 6. The van der Waals surface area contributed by atoms with Gasteiger partial charge in [0, 0.05) is 0 Å². The average molecular weight is 460 g/mol. The fraction of sp³-hybridized carbons (Fsp3) is 0.864. The summed E-state index contributed by atoms with van der Waals surface area (Å²) in [4.78, 5) is 37.7. The fourth-order valence-electron chi connectivity index (χ4n) is 2.82. The van der Waals surface area contributed by atoms with Crippen LogP contribution >= 0.6 is 0 Å². The van der Waals surface area contributed by atoms with Crippen molar-refractivity contribution in [1.29, 1.82) is 0 Å². The lowest BCUT2D eigenvalue weighted by atomic mass is 9.96. The minimum atomic E-state index is -2.24. The number of hydrogen-bond donors (Lipinski definition) is 1. The molecule has 8 nitrogen and oxygen atoms in total. The predicted octanol–water partition coefficient (Wildman–Crippen LogP) is 4.18. The zero-order chi connectivity index (χ0) is 24.0. The fourth-order valence-corrected chi connectivity index (χ4v) is 4.17. The first-order chi connectivity index (χ1) is 14.1. The first kappa shape index (κ1) is 27.4. The quantitative estimate of drug-likeness (QED) is 0.361. The van der Waals surface area contributed by atoms with E-state index < -0.39 is 50.0 Å². The summed E-state index contributed by atoms with van der Waals surface area (Å²) in [6, 6.07) is -1.14. The standard InChI is InChI=1S/C22H41NO7Si/c1-10-11-12-15-17(30-31(8,9)22(5,6)7)14-28-19(25)16(13-27-18(15)24)23-20(26)29-21(2,3)4/h15-17H,10-14H2,1-9H3,(H,23,26)/t15-,16+,17+/m1/s1. The van der Waals surface area contributed by atoms with E-state index in [2.05, 4.69) is 39.2 Å². The van der Waals surface area contributed by atoms with E-state index in [1.165, 1.54) is 0 Å². The molecule has 0 spiro atoms. The van der Waals surface area contributed by atoms with Gasteiger partial charge in [0.05, 0.1) is 12.0 Å². The lowest BCUT2D eigenvalue weighted by Gasteiger charge is -2.40. The van der Waals surface area contributed by atoms with Gasteiger partial charge in [-0.15, -0.1) is 0 Å². The van der Waals surface area contributed by atoms with Gasteiger partial charge in [0.25, 0.3) is 0 Å². The van der Waals surface area contributed by atoms with E-state index >= 15 is 0 Å². The van der Waals surface area contributed by atoms with Gasteiger partial charge in [-0.3, -0.25) is 4.79 Å². The lowest BCUT2D eigenvalue weighted by Crippen LogP contribution is -2.49. The Morgan fingerprint density at radius 1 is 1.06 bits per heavy atom. The number of carbonyl (C=O) groups excluding carboxylic acids is 3. The normalized spacial score (nSPS) is 23.7. The highest BCUT2D eigenvalue weighted by Gasteiger charge is 2.44. The molecular formula is C22H41NO7Si. The molecule has 0 aromatic carbocycles. The van der Waals surface area contributed by atoms with Crippen LogP contribution in [0.25, 0.3) is 0 Å². The van der Waals surface area contributed by atoms with Crippen LogP contribution in [0.15, 0.2) is 0 Å². The van der Waals surface area contributed by atoms with E-state index in [0.29, 0.717) is 6.42 Å². The van der Waals surface area contributed by atoms with E-state index in [4.69, 9.17) is 18.6 Å². The second-order valence-electron chi connectivity index (χ2n) is 10.6. The third-order valence-corrected chi connectivity index (χ3v) is 10.1. The van der Waals surface area contributed by atoms with Crippen molar-refractivity contribution < 1.29 is 33.0 Å². The topological polar surface area (TPSA) is 100 Å². The van der Waals surface area contributed by atoms with Crippen LogP contribution in [-0.2, 0) is 28.2 Å². The van der Waals surface area contributed by atoms with Gasteiger partial charge in [0.2, 0.25) is 0 Å². The van der Waals surface area contributed by atoms with Gasteiger partial charge in [-0.2, -0.15) is 0 Å². The van der Waals surface area contributed by atoms with Gasteiger partial charge in [-0.1, -0.05) is 40.5 Å². The summed E-state index contributed by atoms with van der Waals surface area (Å²) in [6.07, 6.45) is 0.950. The van der Waals surface area contributed by atoms with Gasteiger partial charge in [-0.05, 0) is 45.3 Å². The van der Waals surface area contributed by atoms with Crippen molar-refractivity contribution in [3.8, 4) is 0 Å². The van der Waals surface area contributed by atoms with Gasteiger partial charge in [0.1, 0.15) is 18.8 Å². The van der Waals surface area contributed by atoms with E-state index in [-0.39, 0.29) is 18.3 Å². The van der Waals surface area contributed by atoms with Crippen LogP contribution in [0.1, 0.15) is 67.7 Å². The first-order valence-electron chi connectivity index (χ1n) is 11.1. The van der Waals surface area contributed by atoms with Crippen molar-refractivity contribution in [3.63, 3.8) is 0 Å². The number of hydrogen-bond acceptors (Lipinski definition) is 7. The van der Waals surface area contributed by atoms with Crippen LogP contribution in [0.2, 0.25) is 18.1 Å². The molecule has 1 aliphatic heterocycles. The summed E-state index contributed by atoms with van der Waals surface area (Å²) in [5.74, 6) is -1.66. The van der Waals surface area contributed by atoms with Crippen molar-refractivity contribution >= 4 is 26.3 Å². The SMILES string of the molecule is CCCC[C@H]1C(=O)OC[C@H](NC(=O)OC(C)(C)C)C(=O)OC[C@@H]1O[Si](C)(C)C(C)(C)C. The minimum absolute atomic E-state index is 0.0681. The number of unbranched alkanes of at least 4 members (excludes halogenated alkanes) is 1. The Morgan fingerprint density at radius 3 is 2.16 bits per heavy atom. The summed E-state index contributed by atoms with van der Waals surface area (Å²) in [6.45, 7) is 17.3. The van der Waals surface area contributed by atoms with Crippen molar-refractivity contribution in [2.75, 3.05) is 13.2 Å². The third-order valence-electron chi connectivity index (χ3n) is 5.63. The molecule has 3 atom stereocenters. The molecule has 1 aliphatic rings. The predicted molar refractivity (Wildman–Crippen MR) is 120 cm³/mol. The Balaban J connectivity index is 3.06. The van der Waals surface area contributed by atoms with Crippen LogP contribution in [0.3, 0.4) is 0 Å². The molecule has 1 saturated heterocycles. The number of carbonyl (C=O) groups is 3. The molecule has 31 heavy (non-hydrogen) atoms. The Bertz CT molecular complexity index is 637. The van der Waals surface area contributed by atoms with Gasteiger partial charge < -0.3 is 24.0 Å². The molecule has 1 heterocycles. The molecule has 0 saturated carbocycles. The molecule has 1 amide bonds. The van der Waals surface area contributed by atoms with E-state index in [1.54, 1.807) is 20.8 Å². The summed E-state index contributed by atoms with van der Waals surface area (Å²) < 4.78 is 22.6. The zero-order valence-electron chi connectivity index (χ0n) is 20.6. The van der Waals surface area contributed by atoms with Crippen molar-refractivity contribution in [2.45, 2.75) is 104 Å². The molecule has 0 radical (unpaired) electrons. The molecule has 180 valence electrons. The number of alkyl carbamates (subject to hydrolysis) is 1. The van der Waals surface area contributed by atoms with E-state index in [1.807, 2.05) is 6.92 Å². The van der Waals surface area contributed by atoms with Gasteiger partial charge in [-0.25, -0.2) is 9.59 Å². The molecular weight excluding hydrogens is 418 g/mol. The molecule has 0 unspecified atom stereocenters. The molecule has 1 rings (SSSR count).